The second-order valence-corrected chi connectivity index (χ2v) is 6.58. The molecule has 4 heteroatoms. The Labute approximate surface area is 120 Å². The quantitative estimate of drug-likeness (QED) is 0.882. The first-order chi connectivity index (χ1) is 9.63. The lowest BCUT2D eigenvalue weighted by Crippen LogP contribution is -1.99. The van der Waals surface area contributed by atoms with Crippen molar-refractivity contribution in [3.05, 3.63) is 58.9 Å². The van der Waals surface area contributed by atoms with Gasteiger partial charge < -0.3 is 5.73 Å². The molecule has 0 saturated heterocycles. The van der Waals surface area contributed by atoms with Gasteiger partial charge in [0.15, 0.2) is 0 Å². The Hall–Kier alpha value is -1.68. The van der Waals surface area contributed by atoms with Crippen molar-refractivity contribution < 1.29 is 8.60 Å². The highest BCUT2D eigenvalue weighted by molar-refractivity contribution is 7.84. The molecule has 0 fully saturated rings. The van der Waals surface area contributed by atoms with E-state index in [-0.39, 0.29) is 5.69 Å². The Bertz CT molecular complexity index is 684. The maximum absolute atomic E-state index is 13.4. The zero-order valence-corrected chi connectivity index (χ0v) is 11.9. The third-order valence-corrected chi connectivity index (χ3v) is 5.07. The lowest BCUT2D eigenvalue weighted by Gasteiger charge is -2.06. The van der Waals surface area contributed by atoms with Gasteiger partial charge in [0.25, 0.3) is 0 Å². The topological polar surface area (TPSA) is 43.1 Å². The highest BCUT2D eigenvalue weighted by Crippen LogP contribution is 2.24. The van der Waals surface area contributed by atoms with Crippen LogP contribution in [-0.2, 0) is 29.4 Å². The molecule has 1 unspecified atom stereocenters. The fraction of sp³-hybridized carbons (Fsp3) is 0.250. The minimum absolute atomic E-state index is 0.0864. The van der Waals surface area contributed by atoms with Crippen LogP contribution in [0.4, 0.5) is 10.1 Å². The lowest BCUT2D eigenvalue weighted by atomic mass is 10.1. The first-order valence-corrected chi connectivity index (χ1v) is 7.99. The summed E-state index contributed by atoms with van der Waals surface area (Å²) in [4.78, 5) is 0.484. The van der Waals surface area contributed by atoms with E-state index in [0.29, 0.717) is 10.6 Å². The van der Waals surface area contributed by atoms with Crippen molar-refractivity contribution in [1.82, 2.24) is 0 Å². The molecule has 0 aliphatic heterocycles. The first kappa shape index (κ1) is 13.3. The smallest absolute Gasteiger partial charge is 0.147 e. The van der Waals surface area contributed by atoms with Gasteiger partial charge in [-0.3, -0.25) is 4.21 Å². The van der Waals surface area contributed by atoms with E-state index in [2.05, 4.69) is 12.1 Å². The molecule has 0 radical (unpaired) electrons. The molecule has 0 spiro atoms. The van der Waals surface area contributed by atoms with Gasteiger partial charge >= 0.3 is 0 Å². The maximum Gasteiger partial charge on any atom is 0.147 e. The Morgan fingerprint density at radius 2 is 1.90 bits per heavy atom. The third-order valence-electron chi connectivity index (χ3n) is 3.70. The van der Waals surface area contributed by atoms with Crippen LogP contribution < -0.4 is 5.73 Å². The summed E-state index contributed by atoms with van der Waals surface area (Å²) in [6.07, 6.45) is 3.44. The Morgan fingerprint density at radius 3 is 2.70 bits per heavy atom. The number of halogens is 1. The fourth-order valence-electron chi connectivity index (χ4n) is 2.60. The van der Waals surface area contributed by atoms with Gasteiger partial charge in [-0.05, 0) is 54.2 Å². The van der Waals surface area contributed by atoms with Crippen LogP contribution in [0.25, 0.3) is 0 Å². The molecule has 1 aliphatic rings. The van der Waals surface area contributed by atoms with E-state index in [1.807, 2.05) is 6.07 Å². The van der Waals surface area contributed by atoms with Gasteiger partial charge in [-0.25, -0.2) is 4.39 Å². The van der Waals surface area contributed by atoms with E-state index >= 15 is 0 Å². The van der Waals surface area contributed by atoms with Crippen molar-refractivity contribution >= 4 is 16.5 Å². The number of rotatable bonds is 3. The van der Waals surface area contributed by atoms with Gasteiger partial charge in [-0.1, -0.05) is 18.2 Å². The molecule has 0 bridgehead atoms. The average molecular weight is 289 g/mol. The van der Waals surface area contributed by atoms with Crippen molar-refractivity contribution in [2.75, 3.05) is 5.73 Å². The number of anilines is 1. The zero-order chi connectivity index (χ0) is 14.1. The van der Waals surface area contributed by atoms with Crippen LogP contribution in [0.15, 0.2) is 41.3 Å². The molecule has 2 N–H and O–H groups in total. The molecule has 0 heterocycles. The summed E-state index contributed by atoms with van der Waals surface area (Å²) in [6.45, 7) is 0. The minimum atomic E-state index is -1.24. The second-order valence-electron chi connectivity index (χ2n) is 5.13. The number of fused-ring (bicyclic) bond motifs is 1. The molecule has 3 rings (SSSR count). The second kappa shape index (κ2) is 5.37. The van der Waals surface area contributed by atoms with Crippen molar-refractivity contribution in [3.8, 4) is 0 Å². The van der Waals surface area contributed by atoms with Crippen LogP contribution in [0.1, 0.15) is 23.1 Å². The summed E-state index contributed by atoms with van der Waals surface area (Å²) in [5.74, 6) is -0.0961. The average Bonchev–Trinajstić information content (AvgIpc) is 2.89. The molecule has 2 nitrogen and oxygen atoms in total. The van der Waals surface area contributed by atoms with Gasteiger partial charge in [-0.15, -0.1) is 0 Å². The largest absolute Gasteiger partial charge is 0.396 e. The summed E-state index contributed by atoms with van der Waals surface area (Å²) in [7, 11) is -1.24. The van der Waals surface area contributed by atoms with E-state index in [1.54, 1.807) is 6.07 Å². The van der Waals surface area contributed by atoms with E-state index < -0.39 is 16.6 Å². The highest BCUT2D eigenvalue weighted by Gasteiger charge is 2.13. The van der Waals surface area contributed by atoms with Crippen LogP contribution in [0.5, 0.6) is 0 Å². The van der Waals surface area contributed by atoms with Gasteiger partial charge in [0.1, 0.15) is 5.82 Å². The van der Waals surface area contributed by atoms with Crippen LogP contribution in [0, 0.1) is 5.82 Å². The molecule has 1 aliphatic carbocycles. The van der Waals surface area contributed by atoms with Gasteiger partial charge in [-0.2, -0.15) is 0 Å². The number of aryl methyl sites for hydroxylation is 2. The number of nitrogens with two attached hydrogens (primary N) is 1. The predicted octanol–water partition coefficient (Wildman–Crippen LogP) is 3.20. The lowest BCUT2D eigenvalue weighted by molar-refractivity contribution is 0.627. The van der Waals surface area contributed by atoms with E-state index in [0.717, 1.165) is 18.4 Å². The molecule has 0 aromatic heterocycles. The molecule has 0 amide bonds. The molecule has 104 valence electrons. The molecule has 0 saturated carbocycles. The SMILES string of the molecule is Nc1ccc(S(=O)Cc2ccc3c(c2)CCC3)cc1F. The predicted molar refractivity (Wildman–Crippen MR) is 79.4 cm³/mol. The van der Waals surface area contributed by atoms with Crippen molar-refractivity contribution in [2.45, 2.75) is 29.9 Å². The van der Waals surface area contributed by atoms with Gasteiger partial charge in [0.2, 0.25) is 0 Å². The number of benzene rings is 2. The van der Waals surface area contributed by atoms with Crippen LogP contribution in [0.2, 0.25) is 0 Å². The summed E-state index contributed by atoms with van der Waals surface area (Å²) in [5, 5.41) is 0. The standard InChI is InChI=1S/C16H16FNOS/c17-15-9-14(6-7-16(15)18)20(19)10-11-4-5-12-2-1-3-13(12)8-11/h4-9H,1-3,10,18H2. The van der Waals surface area contributed by atoms with E-state index in [9.17, 15) is 8.60 Å². The van der Waals surface area contributed by atoms with Crippen molar-refractivity contribution in [2.24, 2.45) is 0 Å². The van der Waals surface area contributed by atoms with Gasteiger partial charge in [0.05, 0.1) is 22.2 Å². The third kappa shape index (κ3) is 2.61. The van der Waals surface area contributed by atoms with Gasteiger partial charge in [0, 0.05) is 4.90 Å². The summed E-state index contributed by atoms with van der Waals surface area (Å²) in [6, 6.07) is 10.6. The van der Waals surface area contributed by atoms with E-state index in [4.69, 9.17) is 5.73 Å². The van der Waals surface area contributed by atoms with E-state index in [1.165, 1.54) is 29.7 Å². The molecule has 20 heavy (non-hydrogen) atoms. The number of hydrogen-bond donors (Lipinski definition) is 1. The summed E-state index contributed by atoms with van der Waals surface area (Å²) >= 11 is 0. The zero-order valence-electron chi connectivity index (χ0n) is 11.1. The Balaban J connectivity index is 1.80. The summed E-state index contributed by atoms with van der Waals surface area (Å²) in [5.41, 5.74) is 9.32. The van der Waals surface area contributed by atoms with Crippen LogP contribution in [-0.4, -0.2) is 4.21 Å². The number of hydrogen-bond acceptors (Lipinski definition) is 2. The molecular weight excluding hydrogens is 273 g/mol. The molecule has 2 aromatic carbocycles. The maximum atomic E-state index is 13.4. The fourth-order valence-corrected chi connectivity index (χ4v) is 3.70. The highest BCUT2D eigenvalue weighted by atomic mass is 32.2. The van der Waals surface area contributed by atoms with Crippen LogP contribution >= 0.6 is 0 Å². The molecule has 1 atom stereocenters. The Morgan fingerprint density at radius 1 is 1.10 bits per heavy atom. The van der Waals surface area contributed by atoms with Crippen LogP contribution in [0.3, 0.4) is 0 Å². The van der Waals surface area contributed by atoms with Crippen molar-refractivity contribution in [1.29, 1.82) is 0 Å². The number of nitrogen functional groups attached to an aromatic ring is 1. The monoisotopic (exact) mass is 289 g/mol. The minimum Gasteiger partial charge on any atom is -0.396 e. The Kier molecular flexibility index (Phi) is 3.57. The molecule has 2 aromatic rings. The van der Waals surface area contributed by atoms with Crippen molar-refractivity contribution in [3.63, 3.8) is 0 Å². The molecular formula is C16H16FNOS. The summed E-state index contributed by atoms with van der Waals surface area (Å²) < 4.78 is 25.7. The normalized spacial score (nSPS) is 15.1. The first-order valence-electron chi connectivity index (χ1n) is 6.67.